The number of aliphatic imine (C=N–C) groups is 1. The van der Waals surface area contributed by atoms with Crippen molar-refractivity contribution in [3.8, 4) is 0 Å². The molecule has 0 unspecified atom stereocenters. The molecule has 0 aromatic heterocycles. The van der Waals surface area contributed by atoms with Crippen LogP contribution in [0.25, 0.3) is 0 Å². The molecule has 110 valence electrons. The molecular weight excluding hydrogens is 283 g/mol. The van der Waals surface area contributed by atoms with Gasteiger partial charge in [0.05, 0.1) is 5.69 Å². The van der Waals surface area contributed by atoms with Crippen LogP contribution in [0.5, 0.6) is 0 Å². The lowest BCUT2D eigenvalue weighted by molar-refractivity contribution is 0.403. The highest BCUT2D eigenvalue weighted by Gasteiger charge is 2.26. The molecule has 0 saturated heterocycles. The topological polar surface area (TPSA) is 73.8 Å². The van der Waals surface area contributed by atoms with Gasteiger partial charge in [0.2, 0.25) is 5.96 Å². The average Bonchev–Trinajstić information content (AvgIpc) is 2.35. The smallest absolute Gasteiger partial charge is 0.266 e. The van der Waals surface area contributed by atoms with Crippen LogP contribution in [0.1, 0.15) is 6.42 Å². The number of sulfonamides is 1. The molecule has 0 fully saturated rings. The minimum Gasteiger partial charge on any atom is -0.324 e. The predicted molar refractivity (Wildman–Crippen MR) is 75.8 cm³/mol. The third-order valence-corrected chi connectivity index (χ3v) is 4.13. The number of nitrogens with one attached hydrogen (secondary N) is 2. The summed E-state index contributed by atoms with van der Waals surface area (Å²) in [5.41, 5.74) is 0.330. The fraction of sp³-hybridized carbons (Fsp3) is 0.417. The first-order chi connectivity index (χ1) is 9.38. The van der Waals surface area contributed by atoms with Crippen molar-refractivity contribution in [2.45, 2.75) is 11.3 Å². The van der Waals surface area contributed by atoms with Crippen molar-refractivity contribution < 1.29 is 12.8 Å². The minimum absolute atomic E-state index is 0.107. The molecule has 2 N–H and O–H groups in total. The fourth-order valence-corrected chi connectivity index (χ4v) is 2.96. The van der Waals surface area contributed by atoms with E-state index in [1.807, 2.05) is 19.0 Å². The van der Waals surface area contributed by atoms with Crippen LogP contribution < -0.4 is 10.0 Å². The summed E-state index contributed by atoms with van der Waals surface area (Å²) in [6.45, 7) is 1.37. The van der Waals surface area contributed by atoms with E-state index in [1.165, 1.54) is 12.1 Å². The molecule has 0 spiro atoms. The summed E-state index contributed by atoms with van der Waals surface area (Å²) in [4.78, 5) is 6.08. The highest BCUT2D eigenvalue weighted by molar-refractivity contribution is 7.90. The number of guanidine groups is 1. The Hall–Kier alpha value is -1.67. The molecule has 1 aromatic carbocycles. The Morgan fingerprint density at radius 2 is 2.10 bits per heavy atom. The van der Waals surface area contributed by atoms with E-state index in [0.29, 0.717) is 12.2 Å². The van der Waals surface area contributed by atoms with Gasteiger partial charge in [-0.1, -0.05) is 0 Å². The molecule has 8 heteroatoms. The van der Waals surface area contributed by atoms with Gasteiger partial charge in [0.1, 0.15) is 10.7 Å². The van der Waals surface area contributed by atoms with E-state index in [2.05, 4.69) is 15.0 Å². The summed E-state index contributed by atoms with van der Waals surface area (Å²) < 4.78 is 39.3. The van der Waals surface area contributed by atoms with Gasteiger partial charge in [-0.3, -0.25) is 4.99 Å². The average molecular weight is 300 g/mol. The molecule has 0 saturated carbocycles. The van der Waals surface area contributed by atoms with Gasteiger partial charge in [0.15, 0.2) is 0 Å². The Morgan fingerprint density at radius 1 is 1.35 bits per heavy atom. The molecule has 1 aliphatic rings. The van der Waals surface area contributed by atoms with Crippen molar-refractivity contribution in [2.75, 3.05) is 32.5 Å². The molecule has 0 atom stereocenters. The Labute approximate surface area is 117 Å². The van der Waals surface area contributed by atoms with Crippen LogP contribution in [0.2, 0.25) is 0 Å². The zero-order chi connectivity index (χ0) is 14.8. The van der Waals surface area contributed by atoms with Gasteiger partial charge < -0.3 is 10.2 Å². The Kier molecular flexibility index (Phi) is 4.24. The number of anilines is 1. The summed E-state index contributed by atoms with van der Waals surface area (Å²) >= 11 is 0. The number of benzene rings is 1. The highest BCUT2D eigenvalue weighted by Crippen LogP contribution is 2.25. The molecule has 0 radical (unpaired) electrons. The van der Waals surface area contributed by atoms with Crippen LogP contribution >= 0.6 is 0 Å². The van der Waals surface area contributed by atoms with Gasteiger partial charge in [-0.15, -0.1) is 0 Å². The van der Waals surface area contributed by atoms with Crippen molar-refractivity contribution in [3.63, 3.8) is 0 Å². The standard InChI is InChI=1S/C12H17FN4O2S/c1-17(2)7-3-6-14-12-15-10-5-4-9(13)8-11(10)20(18,19)16-12/h4-5,8H,3,6-7H2,1-2H3,(H2,14,15,16). The number of nitrogens with zero attached hydrogens (tertiary/aromatic N) is 2. The molecule has 0 aliphatic carbocycles. The van der Waals surface area contributed by atoms with Gasteiger partial charge in [-0.05, 0) is 45.3 Å². The zero-order valence-corrected chi connectivity index (χ0v) is 12.2. The maximum Gasteiger partial charge on any atom is 0.266 e. The van der Waals surface area contributed by atoms with Gasteiger partial charge >= 0.3 is 0 Å². The summed E-state index contributed by atoms with van der Waals surface area (Å²) in [5, 5.41) is 2.85. The maximum atomic E-state index is 13.1. The first kappa shape index (κ1) is 14.7. The molecule has 1 heterocycles. The van der Waals surface area contributed by atoms with Gasteiger partial charge in [0.25, 0.3) is 10.0 Å². The molecule has 1 aliphatic heterocycles. The molecule has 6 nitrogen and oxygen atoms in total. The Bertz CT molecular complexity index is 628. The molecular formula is C12H17FN4O2S. The highest BCUT2D eigenvalue weighted by atomic mass is 32.2. The first-order valence-corrected chi connectivity index (χ1v) is 7.65. The van der Waals surface area contributed by atoms with E-state index >= 15 is 0 Å². The van der Waals surface area contributed by atoms with Crippen molar-refractivity contribution in [3.05, 3.63) is 24.0 Å². The number of fused-ring (bicyclic) bond motifs is 1. The van der Waals surface area contributed by atoms with E-state index in [1.54, 1.807) is 0 Å². The van der Waals surface area contributed by atoms with Gasteiger partial charge in [0, 0.05) is 6.54 Å². The van der Waals surface area contributed by atoms with Crippen LogP contribution in [-0.4, -0.2) is 46.5 Å². The minimum atomic E-state index is -3.76. The fourth-order valence-electron chi connectivity index (χ4n) is 1.81. The molecule has 2 rings (SSSR count). The Balaban J connectivity index is 2.14. The van der Waals surface area contributed by atoms with Crippen LogP contribution in [0.15, 0.2) is 28.1 Å². The van der Waals surface area contributed by atoms with Crippen molar-refractivity contribution in [1.82, 2.24) is 9.62 Å². The van der Waals surface area contributed by atoms with Crippen LogP contribution in [0.4, 0.5) is 10.1 Å². The quantitative estimate of drug-likeness (QED) is 0.808. The summed E-state index contributed by atoms with van der Waals surface area (Å²) in [6, 6.07) is 3.57. The van der Waals surface area contributed by atoms with Crippen molar-refractivity contribution >= 4 is 21.7 Å². The van der Waals surface area contributed by atoms with Crippen LogP contribution in [-0.2, 0) is 10.0 Å². The number of rotatable bonds is 4. The predicted octanol–water partition coefficient (Wildman–Crippen LogP) is 0.837. The lowest BCUT2D eigenvalue weighted by Gasteiger charge is -2.21. The first-order valence-electron chi connectivity index (χ1n) is 6.17. The van der Waals surface area contributed by atoms with E-state index in [0.717, 1.165) is 19.0 Å². The van der Waals surface area contributed by atoms with E-state index in [-0.39, 0.29) is 10.9 Å². The Morgan fingerprint density at radius 3 is 2.80 bits per heavy atom. The van der Waals surface area contributed by atoms with Crippen LogP contribution in [0, 0.1) is 5.82 Å². The van der Waals surface area contributed by atoms with E-state index in [4.69, 9.17) is 0 Å². The second kappa shape index (κ2) is 5.76. The second-order valence-electron chi connectivity index (χ2n) is 4.76. The SMILES string of the molecule is CN(C)CCCN=C1Nc2ccc(F)cc2S(=O)(=O)N1. The molecule has 0 bridgehead atoms. The van der Waals surface area contributed by atoms with Crippen molar-refractivity contribution in [1.29, 1.82) is 0 Å². The lowest BCUT2D eigenvalue weighted by atomic mass is 10.3. The third kappa shape index (κ3) is 3.45. The number of hydrogen-bond donors (Lipinski definition) is 2. The van der Waals surface area contributed by atoms with Gasteiger partial charge in [-0.25, -0.2) is 17.5 Å². The molecule has 20 heavy (non-hydrogen) atoms. The van der Waals surface area contributed by atoms with E-state index < -0.39 is 15.8 Å². The molecule has 1 aromatic rings. The van der Waals surface area contributed by atoms with Crippen molar-refractivity contribution in [2.24, 2.45) is 4.99 Å². The lowest BCUT2D eigenvalue weighted by Crippen LogP contribution is -2.41. The van der Waals surface area contributed by atoms with E-state index in [9.17, 15) is 12.8 Å². The normalized spacial score (nSPS) is 18.5. The monoisotopic (exact) mass is 300 g/mol. The zero-order valence-electron chi connectivity index (χ0n) is 11.4. The summed E-state index contributed by atoms with van der Waals surface area (Å²) in [7, 11) is 0.155. The van der Waals surface area contributed by atoms with Crippen LogP contribution in [0.3, 0.4) is 0 Å². The number of hydrogen-bond acceptors (Lipinski definition) is 4. The summed E-state index contributed by atoms with van der Waals surface area (Å²) in [6.07, 6.45) is 0.816. The van der Waals surface area contributed by atoms with Gasteiger partial charge in [-0.2, -0.15) is 0 Å². The maximum absolute atomic E-state index is 13.1. The largest absolute Gasteiger partial charge is 0.324 e. The third-order valence-electron chi connectivity index (χ3n) is 2.75. The molecule has 0 amide bonds. The number of halogens is 1. The second-order valence-corrected chi connectivity index (χ2v) is 6.41. The summed E-state index contributed by atoms with van der Waals surface area (Å²) in [5.74, 6) is -0.426.